The maximum atomic E-state index is 12.5. The van der Waals surface area contributed by atoms with Crippen molar-refractivity contribution in [3.63, 3.8) is 0 Å². The van der Waals surface area contributed by atoms with Gasteiger partial charge in [-0.2, -0.15) is 0 Å². The molecule has 5 heteroatoms. The third kappa shape index (κ3) is 2.86. The Morgan fingerprint density at radius 2 is 1.76 bits per heavy atom. The van der Waals surface area contributed by atoms with Gasteiger partial charge >= 0.3 is 0 Å². The van der Waals surface area contributed by atoms with Crippen LogP contribution in [-0.2, 0) is 4.79 Å². The molecule has 0 radical (unpaired) electrons. The molecule has 0 saturated heterocycles. The van der Waals surface area contributed by atoms with Crippen LogP contribution in [0.2, 0.25) is 5.15 Å². The van der Waals surface area contributed by atoms with E-state index in [9.17, 15) is 4.79 Å². The molecule has 1 aliphatic rings. The van der Waals surface area contributed by atoms with Gasteiger partial charge in [-0.1, -0.05) is 49.9 Å². The smallest absolute Gasteiger partial charge is 0.231 e. The third-order valence-corrected chi connectivity index (χ3v) is 4.53. The van der Waals surface area contributed by atoms with Gasteiger partial charge in [-0.25, -0.2) is 9.97 Å². The molecular weight excluding hydrogens is 286 g/mol. The number of halogens is 1. The normalized spacial score (nSPS) is 17.6. The SMILES string of the molecule is CC1(C(=O)Nc2nc3ccccc3nc2Cl)CCCCC1. The van der Waals surface area contributed by atoms with Crippen molar-refractivity contribution in [3.05, 3.63) is 29.4 Å². The number of benzene rings is 1. The van der Waals surface area contributed by atoms with Crippen molar-refractivity contribution >= 4 is 34.4 Å². The average Bonchev–Trinajstić information content (AvgIpc) is 2.48. The number of amides is 1. The van der Waals surface area contributed by atoms with E-state index in [1.807, 2.05) is 31.2 Å². The first-order valence-corrected chi connectivity index (χ1v) is 7.70. The summed E-state index contributed by atoms with van der Waals surface area (Å²) in [5.74, 6) is 0.348. The van der Waals surface area contributed by atoms with Crippen LogP contribution in [0, 0.1) is 5.41 Å². The Hall–Kier alpha value is -1.68. The van der Waals surface area contributed by atoms with E-state index in [2.05, 4.69) is 15.3 Å². The molecule has 1 fully saturated rings. The molecule has 4 nitrogen and oxygen atoms in total. The molecule has 3 rings (SSSR count). The van der Waals surface area contributed by atoms with E-state index >= 15 is 0 Å². The minimum atomic E-state index is -0.325. The summed E-state index contributed by atoms with van der Waals surface area (Å²) in [7, 11) is 0. The number of anilines is 1. The molecule has 0 spiro atoms. The van der Waals surface area contributed by atoms with E-state index in [1.165, 1.54) is 6.42 Å². The van der Waals surface area contributed by atoms with Gasteiger partial charge in [0.25, 0.3) is 0 Å². The second kappa shape index (κ2) is 5.60. The molecule has 1 amide bonds. The monoisotopic (exact) mass is 303 g/mol. The average molecular weight is 304 g/mol. The van der Waals surface area contributed by atoms with Gasteiger partial charge in [-0.05, 0) is 25.0 Å². The summed E-state index contributed by atoms with van der Waals surface area (Å²) in [6, 6.07) is 7.48. The molecule has 0 unspecified atom stereocenters. The summed E-state index contributed by atoms with van der Waals surface area (Å²) in [5.41, 5.74) is 1.13. The number of rotatable bonds is 2. The molecule has 1 aliphatic carbocycles. The van der Waals surface area contributed by atoms with Gasteiger partial charge < -0.3 is 5.32 Å². The standard InChI is InChI=1S/C16H18ClN3O/c1-16(9-5-2-6-10-16)15(21)20-14-13(17)18-11-7-3-4-8-12(11)19-14/h3-4,7-8H,2,5-6,9-10H2,1H3,(H,19,20,21). The van der Waals surface area contributed by atoms with Crippen LogP contribution < -0.4 is 5.32 Å². The molecule has 1 N–H and O–H groups in total. The predicted molar refractivity (Wildman–Crippen MR) is 84.4 cm³/mol. The highest BCUT2D eigenvalue weighted by Crippen LogP contribution is 2.37. The van der Waals surface area contributed by atoms with Gasteiger partial charge in [0.05, 0.1) is 11.0 Å². The molecule has 0 bridgehead atoms. The van der Waals surface area contributed by atoms with E-state index in [4.69, 9.17) is 11.6 Å². The fourth-order valence-electron chi connectivity index (χ4n) is 2.88. The van der Waals surface area contributed by atoms with Crippen molar-refractivity contribution in [2.75, 3.05) is 5.32 Å². The molecule has 21 heavy (non-hydrogen) atoms. The first-order chi connectivity index (χ1) is 10.1. The lowest BCUT2D eigenvalue weighted by molar-refractivity contribution is -0.126. The van der Waals surface area contributed by atoms with Gasteiger partial charge in [0, 0.05) is 5.41 Å². The van der Waals surface area contributed by atoms with Crippen molar-refractivity contribution in [3.8, 4) is 0 Å². The van der Waals surface area contributed by atoms with Gasteiger partial charge in [-0.3, -0.25) is 4.79 Å². The van der Waals surface area contributed by atoms with Crippen LogP contribution in [0.4, 0.5) is 5.82 Å². The Balaban J connectivity index is 1.87. The first-order valence-electron chi connectivity index (χ1n) is 7.32. The lowest BCUT2D eigenvalue weighted by Crippen LogP contribution is -2.35. The number of carbonyl (C=O) groups is 1. The maximum Gasteiger partial charge on any atom is 0.231 e. The van der Waals surface area contributed by atoms with Crippen LogP contribution in [0.3, 0.4) is 0 Å². The zero-order valence-corrected chi connectivity index (χ0v) is 12.8. The Labute approximate surface area is 128 Å². The van der Waals surface area contributed by atoms with E-state index < -0.39 is 0 Å². The van der Waals surface area contributed by atoms with Gasteiger partial charge in [0.2, 0.25) is 5.91 Å². The van der Waals surface area contributed by atoms with Gasteiger partial charge in [0.1, 0.15) is 0 Å². The topological polar surface area (TPSA) is 54.9 Å². The fraction of sp³-hybridized carbons (Fsp3) is 0.438. The van der Waals surface area contributed by atoms with E-state index in [1.54, 1.807) is 0 Å². The van der Waals surface area contributed by atoms with Crippen molar-refractivity contribution in [2.45, 2.75) is 39.0 Å². The largest absolute Gasteiger partial charge is 0.308 e. The van der Waals surface area contributed by atoms with Crippen LogP contribution in [-0.4, -0.2) is 15.9 Å². The Morgan fingerprint density at radius 3 is 2.43 bits per heavy atom. The Kier molecular flexibility index (Phi) is 3.81. The molecule has 0 atom stereocenters. The summed E-state index contributed by atoms with van der Waals surface area (Å²) in [6.45, 7) is 2.02. The zero-order chi connectivity index (χ0) is 14.9. The zero-order valence-electron chi connectivity index (χ0n) is 12.0. The fourth-order valence-corrected chi connectivity index (χ4v) is 3.06. The molecule has 0 aliphatic heterocycles. The second-order valence-electron chi connectivity index (χ2n) is 5.93. The first kappa shape index (κ1) is 14.3. The van der Waals surface area contributed by atoms with Gasteiger partial charge in [-0.15, -0.1) is 0 Å². The highest BCUT2D eigenvalue weighted by Gasteiger charge is 2.35. The molecule has 1 aromatic carbocycles. The van der Waals surface area contributed by atoms with E-state index in [0.29, 0.717) is 5.82 Å². The lowest BCUT2D eigenvalue weighted by Gasteiger charge is -2.31. The van der Waals surface area contributed by atoms with Crippen molar-refractivity contribution in [2.24, 2.45) is 5.41 Å². The highest BCUT2D eigenvalue weighted by molar-refractivity contribution is 6.32. The molecule has 1 saturated carbocycles. The molecular formula is C16H18ClN3O. The molecule has 2 aromatic rings. The third-order valence-electron chi connectivity index (χ3n) is 4.27. The highest BCUT2D eigenvalue weighted by atomic mass is 35.5. The summed E-state index contributed by atoms with van der Waals surface area (Å²) in [6.07, 6.45) is 5.23. The maximum absolute atomic E-state index is 12.5. The van der Waals surface area contributed by atoms with E-state index in [0.717, 1.165) is 36.7 Å². The minimum Gasteiger partial charge on any atom is -0.308 e. The van der Waals surface area contributed by atoms with Crippen LogP contribution in [0.25, 0.3) is 11.0 Å². The van der Waals surface area contributed by atoms with Crippen molar-refractivity contribution in [1.82, 2.24) is 9.97 Å². The number of hydrogen-bond acceptors (Lipinski definition) is 3. The molecule has 1 aromatic heterocycles. The Morgan fingerprint density at radius 1 is 1.14 bits per heavy atom. The summed E-state index contributed by atoms with van der Waals surface area (Å²) in [4.78, 5) is 21.2. The van der Waals surface area contributed by atoms with Crippen LogP contribution in [0.1, 0.15) is 39.0 Å². The molecule has 110 valence electrons. The van der Waals surface area contributed by atoms with Crippen LogP contribution >= 0.6 is 11.6 Å². The van der Waals surface area contributed by atoms with Gasteiger partial charge in [0.15, 0.2) is 11.0 Å². The predicted octanol–water partition coefficient (Wildman–Crippen LogP) is 4.19. The number of fused-ring (bicyclic) bond motifs is 1. The number of nitrogens with zero attached hydrogens (tertiary/aromatic N) is 2. The quantitative estimate of drug-likeness (QED) is 0.905. The van der Waals surface area contributed by atoms with Crippen molar-refractivity contribution in [1.29, 1.82) is 0 Å². The number of aromatic nitrogens is 2. The lowest BCUT2D eigenvalue weighted by atomic mass is 9.75. The number of nitrogens with one attached hydrogen (secondary N) is 1. The summed E-state index contributed by atoms with van der Waals surface area (Å²) >= 11 is 6.14. The molecule has 1 heterocycles. The van der Waals surface area contributed by atoms with Crippen LogP contribution in [0.15, 0.2) is 24.3 Å². The van der Waals surface area contributed by atoms with E-state index in [-0.39, 0.29) is 16.5 Å². The Bertz CT molecular complexity index is 680. The minimum absolute atomic E-state index is 0.00585. The summed E-state index contributed by atoms with van der Waals surface area (Å²) in [5, 5.41) is 3.11. The second-order valence-corrected chi connectivity index (χ2v) is 6.29. The number of para-hydroxylation sites is 2. The van der Waals surface area contributed by atoms with Crippen molar-refractivity contribution < 1.29 is 4.79 Å². The number of hydrogen-bond donors (Lipinski definition) is 1. The number of carbonyl (C=O) groups excluding carboxylic acids is 1. The van der Waals surface area contributed by atoms with Crippen LogP contribution in [0.5, 0.6) is 0 Å². The summed E-state index contributed by atoms with van der Waals surface area (Å²) < 4.78 is 0.